The summed E-state index contributed by atoms with van der Waals surface area (Å²) in [6.45, 7) is 14.5. The first kappa shape index (κ1) is 16.0. The summed E-state index contributed by atoms with van der Waals surface area (Å²) in [5.41, 5.74) is 2.36. The lowest BCUT2D eigenvalue weighted by Crippen LogP contribution is -2.45. The second-order valence-corrected chi connectivity index (χ2v) is 5.44. The molecular formula is C16H28N2O. The van der Waals surface area contributed by atoms with Crippen LogP contribution in [0.25, 0.3) is 0 Å². The first-order valence-electron chi connectivity index (χ1n) is 7.32. The predicted octanol–water partition coefficient (Wildman–Crippen LogP) is 3.73. The standard InChI is InChI=1S/C13H20N2O.C3H8/c1-9-5-6-13(14-12(9)4)15-7-10(2)16-11(3)8-15;1-3-2/h5-6,10-11H,7-8H2,1-4H3;3H2,1-2H3. The molecule has 1 saturated heterocycles. The molecule has 0 N–H and O–H groups in total. The third-order valence-corrected chi connectivity index (χ3v) is 3.08. The van der Waals surface area contributed by atoms with E-state index in [1.165, 1.54) is 12.0 Å². The summed E-state index contributed by atoms with van der Waals surface area (Å²) in [7, 11) is 0. The van der Waals surface area contributed by atoms with Crippen molar-refractivity contribution in [3.05, 3.63) is 23.4 Å². The van der Waals surface area contributed by atoms with Gasteiger partial charge < -0.3 is 9.64 Å². The van der Waals surface area contributed by atoms with Crippen LogP contribution in [0.15, 0.2) is 12.1 Å². The largest absolute Gasteiger partial charge is 0.372 e. The summed E-state index contributed by atoms with van der Waals surface area (Å²) < 4.78 is 5.72. The molecule has 2 unspecified atom stereocenters. The van der Waals surface area contributed by atoms with E-state index in [1.807, 2.05) is 0 Å². The number of aryl methyl sites for hydroxylation is 2. The Balaban J connectivity index is 0.000000550. The van der Waals surface area contributed by atoms with Crippen molar-refractivity contribution >= 4 is 5.82 Å². The van der Waals surface area contributed by atoms with Gasteiger partial charge in [0, 0.05) is 18.8 Å². The highest BCUT2D eigenvalue weighted by Crippen LogP contribution is 2.19. The van der Waals surface area contributed by atoms with Crippen LogP contribution >= 0.6 is 0 Å². The normalized spacial score (nSPS) is 22.7. The smallest absolute Gasteiger partial charge is 0.128 e. The number of anilines is 1. The molecule has 19 heavy (non-hydrogen) atoms. The number of pyridine rings is 1. The molecule has 3 heteroatoms. The van der Waals surface area contributed by atoms with Crippen molar-refractivity contribution in [2.24, 2.45) is 0 Å². The molecule has 1 fully saturated rings. The van der Waals surface area contributed by atoms with Crippen LogP contribution in [0.2, 0.25) is 0 Å². The average molecular weight is 264 g/mol. The molecule has 2 heterocycles. The molecule has 1 aromatic rings. The summed E-state index contributed by atoms with van der Waals surface area (Å²) >= 11 is 0. The fraction of sp³-hybridized carbons (Fsp3) is 0.688. The average Bonchev–Trinajstić information content (AvgIpc) is 2.32. The monoisotopic (exact) mass is 264 g/mol. The van der Waals surface area contributed by atoms with Crippen LogP contribution < -0.4 is 4.90 Å². The van der Waals surface area contributed by atoms with E-state index < -0.39 is 0 Å². The highest BCUT2D eigenvalue weighted by molar-refractivity contribution is 5.42. The van der Waals surface area contributed by atoms with Crippen LogP contribution in [-0.2, 0) is 4.74 Å². The Labute approximate surface area is 118 Å². The fourth-order valence-corrected chi connectivity index (χ4v) is 2.16. The topological polar surface area (TPSA) is 25.4 Å². The Hall–Kier alpha value is -1.09. The van der Waals surface area contributed by atoms with Gasteiger partial charge in [0.15, 0.2) is 0 Å². The maximum absolute atomic E-state index is 5.72. The number of hydrogen-bond acceptors (Lipinski definition) is 3. The molecule has 0 radical (unpaired) electrons. The first-order chi connectivity index (χ1) is 8.97. The van der Waals surface area contributed by atoms with E-state index in [4.69, 9.17) is 4.74 Å². The van der Waals surface area contributed by atoms with Gasteiger partial charge in [-0.15, -0.1) is 0 Å². The minimum atomic E-state index is 0.284. The SMILES string of the molecule is CCC.Cc1ccc(N2CC(C)OC(C)C2)nc1C. The van der Waals surface area contributed by atoms with Gasteiger partial charge in [-0.2, -0.15) is 0 Å². The van der Waals surface area contributed by atoms with Crippen LogP contribution in [0.3, 0.4) is 0 Å². The van der Waals surface area contributed by atoms with E-state index in [2.05, 4.69) is 63.6 Å². The molecule has 1 aliphatic rings. The lowest BCUT2D eigenvalue weighted by molar-refractivity contribution is -0.00546. The molecule has 0 aromatic carbocycles. The van der Waals surface area contributed by atoms with Gasteiger partial charge in [0.05, 0.1) is 12.2 Å². The van der Waals surface area contributed by atoms with Gasteiger partial charge in [-0.05, 0) is 39.3 Å². The van der Waals surface area contributed by atoms with E-state index in [0.29, 0.717) is 0 Å². The minimum absolute atomic E-state index is 0.284. The Morgan fingerprint density at radius 2 is 1.68 bits per heavy atom. The molecule has 0 spiro atoms. The Morgan fingerprint density at radius 3 is 2.16 bits per heavy atom. The van der Waals surface area contributed by atoms with Crippen molar-refractivity contribution in [2.45, 2.75) is 60.2 Å². The zero-order chi connectivity index (χ0) is 14.4. The molecule has 2 rings (SSSR count). The van der Waals surface area contributed by atoms with Gasteiger partial charge in [0.25, 0.3) is 0 Å². The van der Waals surface area contributed by atoms with Gasteiger partial charge >= 0.3 is 0 Å². The van der Waals surface area contributed by atoms with Crippen molar-refractivity contribution in [3.8, 4) is 0 Å². The Kier molecular flexibility index (Phi) is 6.29. The maximum atomic E-state index is 5.72. The highest BCUT2D eigenvalue weighted by atomic mass is 16.5. The maximum Gasteiger partial charge on any atom is 0.128 e. The van der Waals surface area contributed by atoms with E-state index in [9.17, 15) is 0 Å². The van der Waals surface area contributed by atoms with Crippen LogP contribution in [0.5, 0.6) is 0 Å². The van der Waals surface area contributed by atoms with Gasteiger partial charge in [0.1, 0.15) is 5.82 Å². The zero-order valence-electron chi connectivity index (χ0n) is 13.2. The number of nitrogens with zero attached hydrogens (tertiary/aromatic N) is 2. The molecule has 1 aliphatic heterocycles. The van der Waals surface area contributed by atoms with Gasteiger partial charge in [-0.1, -0.05) is 26.3 Å². The quantitative estimate of drug-likeness (QED) is 0.773. The van der Waals surface area contributed by atoms with E-state index >= 15 is 0 Å². The Bertz CT molecular complexity index is 382. The molecule has 0 bridgehead atoms. The number of hydrogen-bond donors (Lipinski definition) is 0. The molecule has 0 saturated carbocycles. The lowest BCUT2D eigenvalue weighted by Gasteiger charge is -2.36. The number of ether oxygens (including phenoxy) is 1. The molecule has 2 atom stereocenters. The minimum Gasteiger partial charge on any atom is -0.372 e. The number of aromatic nitrogens is 1. The first-order valence-corrected chi connectivity index (χ1v) is 7.32. The van der Waals surface area contributed by atoms with E-state index in [0.717, 1.165) is 24.6 Å². The summed E-state index contributed by atoms with van der Waals surface area (Å²) in [4.78, 5) is 6.95. The van der Waals surface area contributed by atoms with E-state index in [-0.39, 0.29) is 12.2 Å². The molecule has 3 nitrogen and oxygen atoms in total. The van der Waals surface area contributed by atoms with Crippen LogP contribution in [-0.4, -0.2) is 30.3 Å². The molecule has 1 aromatic heterocycles. The van der Waals surface area contributed by atoms with Gasteiger partial charge in [-0.3, -0.25) is 0 Å². The van der Waals surface area contributed by atoms with Gasteiger partial charge in [-0.25, -0.2) is 4.98 Å². The molecular weight excluding hydrogens is 236 g/mol. The highest BCUT2D eigenvalue weighted by Gasteiger charge is 2.23. The van der Waals surface area contributed by atoms with E-state index in [1.54, 1.807) is 0 Å². The number of morpholine rings is 1. The molecule has 0 aliphatic carbocycles. The van der Waals surface area contributed by atoms with Crippen LogP contribution in [0.1, 0.15) is 45.4 Å². The van der Waals surface area contributed by atoms with Crippen LogP contribution in [0.4, 0.5) is 5.82 Å². The zero-order valence-corrected chi connectivity index (χ0v) is 13.2. The lowest BCUT2D eigenvalue weighted by atomic mass is 10.2. The summed E-state index contributed by atoms with van der Waals surface area (Å²) in [6.07, 6.45) is 1.82. The van der Waals surface area contributed by atoms with Crippen molar-refractivity contribution < 1.29 is 4.74 Å². The van der Waals surface area contributed by atoms with Crippen LogP contribution in [0, 0.1) is 13.8 Å². The van der Waals surface area contributed by atoms with Crippen molar-refractivity contribution in [1.82, 2.24) is 4.98 Å². The van der Waals surface area contributed by atoms with Crippen molar-refractivity contribution in [2.75, 3.05) is 18.0 Å². The number of rotatable bonds is 1. The third-order valence-electron chi connectivity index (χ3n) is 3.08. The van der Waals surface area contributed by atoms with Crippen molar-refractivity contribution in [1.29, 1.82) is 0 Å². The van der Waals surface area contributed by atoms with Crippen molar-refractivity contribution in [3.63, 3.8) is 0 Å². The second kappa shape index (κ2) is 7.49. The fourth-order valence-electron chi connectivity index (χ4n) is 2.16. The third kappa shape index (κ3) is 4.83. The Morgan fingerprint density at radius 1 is 1.16 bits per heavy atom. The summed E-state index contributed by atoms with van der Waals surface area (Å²) in [5, 5.41) is 0. The van der Waals surface area contributed by atoms with Gasteiger partial charge in [0.2, 0.25) is 0 Å². The molecule has 0 amide bonds. The summed E-state index contributed by atoms with van der Waals surface area (Å²) in [6, 6.07) is 4.25. The second-order valence-electron chi connectivity index (χ2n) is 5.44. The summed E-state index contributed by atoms with van der Waals surface area (Å²) in [5.74, 6) is 1.07. The molecule has 108 valence electrons. The predicted molar refractivity (Wildman–Crippen MR) is 81.9 cm³/mol.